The van der Waals surface area contributed by atoms with Crippen molar-refractivity contribution in [2.45, 2.75) is 51.6 Å². The first-order valence-electron chi connectivity index (χ1n) is 13.7. The second kappa shape index (κ2) is 14.5. The Bertz CT molecular complexity index is 1410. The van der Waals surface area contributed by atoms with Crippen molar-refractivity contribution in [3.63, 3.8) is 0 Å². The minimum atomic E-state index is -4.16. The molecule has 41 heavy (non-hydrogen) atoms. The summed E-state index contributed by atoms with van der Waals surface area (Å²) in [5.74, 6) is 0.338. The first-order valence-corrected chi connectivity index (χ1v) is 15.1. The normalized spacial score (nSPS) is 11.8. The van der Waals surface area contributed by atoms with E-state index in [1.807, 2.05) is 26.8 Å². The largest absolute Gasteiger partial charge is 0.497 e. The second-order valence-corrected chi connectivity index (χ2v) is 11.3. The number of aryl methyl sites for hydroxylation is 1. The van der Waals surface area contributed by atoms with Gasteiger partial charge in [0, 0.05) is 13.1 Å². The number of amides is 2. The molecule has 3 aromatic carbocycles. The van der Waals surface area contributed by atoms with Crippen molar-refractivity contribution < 1.29 is 27.5 Å². The van der Waals surface area contributed by atoms with E-state index in [4.69, 9.17) is 9.47 Å². The van der Waals surface area contributed by atoms with Gasteiger partial charge in [-0.1, -0.05) is 36.8 Å². The Morgan fingerprint density at radius 2 is 1.61 bits per heavy atom. The minimum absolute atomic E-state index is 0.0180. The van der Waals surface area contributed by atoms with Crippen molar-refractivity contribution in [3.8, 4) is 11.5 Å². The highest BCUT2D eigenvalue weighted by Crippen LogP contribution is 2.27. The summed E-state index contributed by atoms with van der Waals surface area (Å²) in [5, 5.41) is 2.80. The van der Waals surface area contributed by atoms with E-state index in [0.29, 0.717) is 36.8 Å². The molecule has 2 amide bonds. The van der Waals surface area contributed by atoms with Crippen LogP contribution in [0.4, 0.5) is 5.69 Å². The molecule has 0 fully saturated rings. The van der Waals surface area contributed by atoms with Crippen LogP contribution in [0.5, 0.6) is 11.5 Å². The SMILES string of the molecule is CCNC(=O)[C@@H](CC)N(Cc1cccc(OC)c1)C(=O)CN(c1ccc(C)cc1)S(=O)(=O)c1ccc(OCC)cc1. The van der Waals surface area contributed by atoms with E-state index in [2.05, 4.69) is 5.32 Å². The van der Waals surface area contributed by atoms with Crippen molar-refractivity contribution in [1.82, 2.24) is 10.2 Å². The smallest absolute Gasteiger partial charge is 0.264 e. The summed E-state index contributed by atoms with van der Waals surface area (Å²) in [4.78, 5) is 28.6. The Morgan fingerprint density at radius 1 is 0.927 bits per heavy atom. The molecule has 9 nitrogen and oxygen atoms in total. The average molecular weight is 582 g/mol. The number of nitrogens with zero attached hydrogens (tertiary/aromatic N) is 2. The molecule has 0 aromatic heterocycles. The highest BCUT2D eigenvalue weighted by molar-refractivity contribution is 7.92. The molecule has 0 heterocycles. The summed E-state index contributed by atoms with van der Waals surface area (Å²) in [6.07, 6.45) is 0.345. The maximum absolute atomic E-state index is 14.1. The number of carbonyl (C=O) groups is 2. The number of benzene rings is 3. The zero-order valence-corrected chi connectivity index (χ0v) is 25.1. The van der Waals surface area contributed by atoms with E-state index in [9.17, 15) is 18.0 Å². The number of carbonyl (C=O) groups excluding carboxylic acids is 2. The fraction of sp³-hybridized carbons (Fsp3) is 0.355. The Hall–Kier alpha value is -4.05. The molecule has 0 aliphatic rings. The maximum atomic E-state index is 14.1. The summed E-state index contributed by atoms with van der Waals surface area (Å²) in [6.45, 7) is 7.81. The predicted octanol–water partition coefficient (Wildman–Crippen LogP) is 4.54. The van der Waals surface area contributed by atoms with Crippen molar-refractivity contribution in [1.29, 1.82) is 0 Å². The third-order valence-corrected chi connectivity index (χ3v) is 8.34. The van der Waals surface area contributed by atoms with Crippen molar-refractivity contribution in [3.05, 3.63) is 83.9 Å². The van der Waals surface area contributed by atoms with Gasteiger partial charge in [0.15, 0.2) is 0 Å². The van der Waals surface area contributed by atoms with Gasteiger partial charge in [-0.3, -0.25) is 13.9 Å². The van der Waals surface area contributed by atoms with Gasteiger partial charge >= 0.3 is 0 Å². The number of anilines is 1. The van der Waals surface area contributed by atoms with Crippen LogP contribution >= 0.6 is 0 Å². The summed E-state index contributed by atoms with van der Waals surface area (Å²) in [7, 11) is -2.61. The van der Waals surface area contributed by atoms with E-state index in [-0.39, 0.29) is 17.3 Å². The van der Waals surface area contributed by atoms with Gasteiger partial charge in [0.05, 0.1) is 24.3 Å². The van der Waals surface area contributed by atoms with E-state index in [0.717, 1.165) is 15.4 Å². The molecule has 3 rings (SSSR count). The molecular formula is C31H39N3O6S. The topological polar surface area (TPSA) is 105 Å². The number of hydrogen-bond acceptors (Lipinski definition) is 6. The van der Waals surface area contributed by atoms with Crippen LogP contribution in [-0.2, 0) is 26.2 Å². The molecule has 0 aliphatic heterocycles. The minimum Gasteiger partial charge on any atom is -0.497 e. The quantitative estimate of drug-likeness (QED) is 0.300. The van der Waals surface area contributed by atoms with Crippen LogP contribution < -0.4 is 19.1 Å². The molecule has 0 bridgehead atoms. The van der Waals surface area contributed by atoms with Crippen LogP contribution in [0.2, 0.25) is 0 Å². The molecule has 0 unspecified atom stereocenters. The lowest BCUT2D eigenvalue weighted by molar-refractivity contribution is -0.140. The molecule has 0 saturated carbocycles. The molecule has 0 aliphatic carbocycles. The second-order valence-electron chi connectivity index (χ2n) is 9.44. The highest BCUT2D eigenvalue weighted by Gasteiger charge is 2.33. The monoisotopic (exact) mass is 581 g/mol. The number of nitrogens with one attached hydrogen (secondary N) is 1. The molecular weight excluding hydrogens is 542 g/mol. The molecule has 3 aromatic rings. The van der Waals surface area contributed by atoms with Gasteiger partial charge in [0.2, 0.25) is 11.8 Å². The van der Waals surface area contributed by atoms with Gasteiger partial charge in [-0.25, -0.2) is 8.42 Å². The van der Waals surface area contributed by atoms with E-state index in [1.54, 1.807) is 68.6 Å². The van der Waals surface area contributed by atoms with Gasteiger partial charge in [0.25, 0.3) is 10.0 Å². The number of sulfonamides is 1. The van der Waals surface area contributed by atoms with Crippen molar-refractivity contribution in [2.75, 3.05) is 31.1 Å². The van der Waals surface area contributed by atoms with E-state index >= 15 is 0 Å². The number of likely N-dealkylation sites (N-methyl/N-ethyl adjacent to an activating group) is 1. The number of ether oxygens (including phenoxy) is 2. The molecule has 10 heteroatoms. The van der Waals surface area contributed by atoms with E-state index in [1.165, 1.54) is 17.0 Å². The molecule has 0 saturated heterocycles. The molecule has 0 radical (unpaired) electrons. The lowest BCUT2D eigenvalue weighted by Crippen LogP contribution is -2.52. The van der Waals surface area contributed by atoms with Gasteiger partial charge in [0.1, 0.15) is 24.1 Å². The summed E-state index contributed by atoms with van der Waals surface area (Å²) < 4.78 is 39.9. The molecule has 1 N–H and O–H groups in total. The highest BCUT2D eigenvalue weighted by atomic mass is 32.2. The zero-order valence-electron chi connectivity index (χ0n) is 24.3. The summed E-state index contributed by atoms with van der Waals surface area (Å²) in [5.41, 5.74) is 2.03. The fourth-order valence-electron chi connectivity index (χ4n) is 4.42. The standard InChI is InChI=1S/C31H39N3O6S/c1-6-29(31(36)32-7-2)33(21-24-10-9-11-27(20-24)39-5)30(35)22-34(25-14-12-23(4)13-15-25)41(37,38)28-18-16-26(17-19-28)40-8-3/h9-20,29H,6-8,21-22H2,1-5H3,(H,32,36)/t29-/m1/s1. The number of rotatable bonds is 14. The van der Waals surface area contributed by atoms with Crippen LogP contribution in [0, 0.1) is 6.92 Å². The van der Waals surface area contributed by atoms with Crippen molar-refractivity contribution in [2.24, 2.45) is 0 Å². The summed E-state index contributed by atoms with van der Waals surface area (Å²) in [6, 6.07) is 19.4. The van der Waals surface area contributed by atoms with Crippen LogP contribution in [0.25, 0.3) is 0 Å². The fourth-order valence-corrected chi connectivity index (χ4v) is 5.83. The Morgan fingerprint density at radius 3 is 2.20 bits per heavy atom. The molecule has 220 valence electrons. The number of methoxy groups -OCH3 is 1. The predicted molar refractivity (Wildman–Crippen MR) is 160 cm³/mol. The first-order chi connectivity index (χ1) is 19.6. The Balaban J connectivity index is 2.05. The maximum Gasteiger partial charge on any atom is 0.264 e. The lowest BCUT2D eigenvalue weighted by Gasteiger charge is -2.33. The van der Waals surface area contributed by atoms with E-state index < -0.39 is 28.5 Å². The van der Waals surface area contributed by atoms with Gasteiger partial charge in [-0.15, -0.1) is 0 Å². The van der Waals surface area contributed by atoms with Gasteiger partial charge in [-0.2, -0.15) is 0 Å². The zero-order chi connectivity index (χ0) is 30.0. The lowest BCUT2D eigenvalue weighted by atomic mass is 10.1. The van der Waals surface area contributed by atoms with Gasteiger partial charge in [-0.05, 0) is 81.3 Å². The Labute approximate surface area is 243 Å². The average Bonchev–Trinajstić information content (AvgIpc) is 2.97. The van der Waals surface area contributed by atoms with Crippen molar-refractivity contribution >= 4 is 27.5 Å². The molecule has 0 spiro atoms. The van der Waals surface area contributed by atoms with Crippen LogP contribution in [0.15, 0.2) is 77.7 Å². The van der Waals surface area contributed by atoms with Crippen LogP contribution in [-0.4, -0.2) is 58.0 Å². The number of hydrogen-bond donors (Lipinski definition) is 1. The Kier molecular flexibility index (Phi) is 11.2. The third kappa shape index (κ3) is 8.00. The van der Waals surface area contributed by atoms with Crippen LogP contribution in [0.3, 0.4) is 0 Å². The summed E-state index contributed by atoms with van der Waals surface area (Å²) >= 11 is 0. The first kappa shape index (κ1) is 31.5. The van der Waals surface area contributed by atoms with Crippen LogP contribution in [0.1, 0.15) is 38.3 Å². The third-order valence-electron chi connectivity index (χ3n) is 6.55. The van der Waals surface area contributed by atoms with Gasteiger partial charge < -0.3 is 19.7 Å². The molecule has 1 atom stereocenters.